The van der Waals surface area contributed by atoms with Crippen molar-refractivity contribution in [2.75, 3.05) is 6.54 Å². The third kappa shape index (κ3) is 2.29. The quantitative estimate of drug-likeness (QED) is 0.561. The lowest BCUT2D eigenvalue weighted by atomic mass is 10.2. The molecule has 3 heteroatoms. The van der Waals surface area contributed by atoms with Crippen molar-refractivity contribution in [2.24, 2.45) is 10.7 Å². The van der Waals surface area contributed by atoms with Crippen molar-refractivity contribution in [3.63, 3.8) is 0 Å². The first kappa shape index (κ1) is 10.0. The minimum Gasteiger partial charge on any atom is -0.369 e. The third-order valence-corrected chi connectivity index (χ3v) is 2.85. The van der Waals surface area contributed by atoms with Gasteiger partial charge in [-0.05, 0) is 31.9 Å². The lowest BCUT2D eigenvalue weighted by Gasteiger charge is -2.22. The number of aliphatic imine (C=N–C) groups is 1. The molecule has 1 aromatic rings. The number of hydrogen-bond acceptors (Lipinski definition) is 1. The molecule has 2 N–H and O–H groups in total. The summed E-state index contributed by atoms with van der Waals surface area (Å²) in [5, 5.41) is 0. The zero-order chi connectivity index (χ0) is 10.7. The van der Waals surface area contributed by atoms with E-state index in [4.69, 9.17) is 5.73 Å². The summed E-state index contributed by atoms with van der Waals surface area (Å²) in [6.45, 7) is 3.23. The van der Waals surface area contributed by atoms with E-state index in [1.807, 2.05) is 30.3 Å². The van der Waals surface area contributed by atoms with E-state index >= 15 is 0 Å². The number of hydrogen-bond donors (Lipinski definition) is 1. The minimum atomic E-state index is 0.525. The van der Waals surface area contributed by atoms with Crippen molar-refractivity contribution in [3.05, 3.63) is 30.3 Å². The van der Waals surface area contributed by atoms with E-state index < -0.39 is 0 Å². The van der Waals surface area contributed by atoms with Gasteiger partial charge in [0.25, 0.3) is 0 Å². The maximum atomic E-state index is 5.98. The Balaban J connectivity index is 2.13. The van der Waals surface area contributed by atoms with Crippen LogP contribution in [0.4, 0.5) is 5.69 Å². The van der Waals surface area contributed by atoms with Crippen LogP contribution in [0.5, 0.6) is 0 Å². The lowest BCUT2D eigenvalue weighted by molar-refractivity contribution is 0.410. The molecule has 3 nitrogen and oxygen atoms in total. The van der Waals surface area contributed by atoms with Gasteiger partial charge in [0.1, 0.15) is 0 Å². The van der Waals surface area contributed by atoms with Gasteiger partial charge < -0.3 is 10.6 Å². The van der Waals surface area contributed by atoms with E-state index in [1.165, 1.54) is 12.8 Å². The molecule has 1 atom stereocenters. The smallest absolute Gasteiger partial charge is 0.196 e. The number of para-hydroxylation sites is 1. The Labute approximate surface area is 90.6 Å². The molecule has 1 unspecified atom stereocenters. The largest absolute Gasteiger partial charge is 0.369 e. The molecule has 1 heterocycles. The van der Waals surface area contributed by atoms with Crippen LogP contribution < -0.4 is 5.73 Å². The molecule has 0 spiro atoms. The summed E-state index contributed by atoms with van der Waals surface area (Å²) in [6.07, 6.45) is 2.43. The summed E-state index contributed by atoms with van der Waals surface area (Å²) < 4.78 is 0. The highest BCUT2D eigenvalue weighted by molar-refractivity contribution is 5.81. The molecule has 2 rings (SSSR count). The second-order valence-electron chi connectivity index (χ2n) is 3.99. The van der Waals surface area contributed by atoms with Crippen molar-refractivity contribution in [2.45, 2.75) is 25.8 Å². The fourth-order valence-corrected chi connectivity index (χ4v) is 1.97. The Kier molecular flexibility index (Phi) is 2.90. The van der Waals surface area contributed by atoms with Gasteiger partial charge in [0.05, 0.1) is 5.69 Å². The Hall–Kier alpha value is -1.51. The normalized spacial score (nSPS) is 22.1. The Morgan fingerprint density at radius 2 is 2.13 bits per heavy atom. The van der Waals surface area contributed by atoms with Gasteiger partial charge in [-0.1, -0.05) is 18.2 Å². The number of nitrogens with zero attached hydrogens (tertiary/aromatic N) is 2. The van der Waals surface area contributed by atoms with Crippen molar-refractivity contribution in [1.82, 2.24) is 4.90 Å². The molecular formula is C12H17N3. The van der Waals surface area contributed by atoms with Gasteiger partial charge in [0, 0.05) is 12.6 Å². The third-order valence-electron chi connectivity index (χ3n) is 2.85. The summed E-state index contributed by atoms with van der Waals surface area (Å²) >= 11 is 0. The molecule has 0 bridgehead atoms. The SMILES string of the molecule is CC1CCCN1C(N)=Nc1ccccc1. The van der Waals surface area contributed by atoms with E-state index in [9.17, 15) is 0 Å². The molecule has 1 fully saturated rings. The van der Waals surface area contributed by atoms with Crippen LogP contribution in [0.25, 0.3) is 0 Å². The molecule has 1 aliphatic heterocycles. The summed E-state index contributed by atoms with van der Waals surface area (Å²) in [5.41, 5.74) is 6.90. The van der Waals surface area contributed by atoms with Crippen LogP contribution in [0.2, 0.25) is 0 Å². The van der Waals surface area contributed by atoms with Crippen LogP contribution >= 0.6 is 0 Å². The molecule has 1 saturated heterocycles. The monoisotopic (exact) mass is 203 g/mol. The van der Waals surface area contributed by atoms with Gasteiger partial charge in [-0.2, -0.15) is 0 Å². The highest BCUT2D eigenvalue weighted by Crippen LogP contribution is 2.17. The number of nitrogens with two attached hydrogens (primary N) is 1. The second kappa shape index (κ2) is 4.34. The summed E-state index contributed by atoms with van der Waals surface area (Å²) in [4.78, 5) is 6.59. The van der Waals surface area contributed by atoms with Gasteiger partial charge in [-0.15, -0.1) is 0 Å². The molecule has 1 aromatic carbocycles. The zero-order valence-electron chi connectivity index (χ0n) is 9.06. The van der Waals surface area contributed by atoms with Crippen LogP contribution in [0.15, 0.2) is 35.3 Å². The Morgan fingerprint density at radius 3 is 2.73 bits per heavy atom. The highest BCUT2D eigenvalue weighted by atomic mass is 15.3. The van der Waals surface area contributed by atoms with E-state index in [0.717, 1.165) is 12.2 Å². The lowest BCUT2D eigenvalue weighted by Crippen LogP contribution is -2.39. The van der Waals surface area contributed by atoms with Crippen molar-refractivity contribution in [3.8, 4) is 0 Å². The molecule has 1 aliphatic rings. The molecule has 0 radical (unpaired) electrons. The molecule has 0 aliphatic carbocycles. The maximum absolute atomic E-state index is 5.98. The van der Waals surface area contributed by atoms with E-state index in [-0.39, 0.29) is 0 Å². The van der Waals surface area contributed by atoms with Crippen LogP contribution in [-0.4, -0.2) is 23.4 Å². The van der Waals surface area contributed by atoms with Crippen LogP contribution in [0.1, 0.15) is 19.8 Å². The average molecular weight is 203 g/mol. The molecule has 0 amide bonds. The summed E-state index contributed by atoms with van der Waals surface area (Å²) in [7, 11) is 0. The van der Waals surface area contributed by atoms with Gasteiger partial charge >= 0.3 is 0 Å². The molecular weight excluding hydrogens is 186 g/mol. The van der Waals surface area contributed by atoms with Crippen LogP contribution in [0.3, 0.4) is 0 Å². The maximum Gasteiger partial charge on any atom is 0.196 e. The van der Waals surface area contributed by atoms with Crippen molar-refractivity contribution >= 4 is 11.6 Å². The van der Waals surface area contributed by atoms with Gasteiger partial charge in [0.15, 0.2) is 5.96 Å². The fraction of sp³-hybridized carbons (Fsp3) is 0.417. The topological polar surface area (TPSA) is 41.6 Å². The van der Waals surface area contributed by atoms with E-state index in [2.05, 4.69) is 16.8 Å². The first-order chi connectivity index (χ1) is 7.27. The number of benzene rings is 1. The molecule has 80 valence electrons. The van der Waals surface area contributed by atoms with Crippen LogP contribution in [0, 0.1) is 0 Å². The summed E-state index contributed by atoms with van der Waals surface area (Å²) in [6, 6.07) is 10.4. The second-order valence-corrected chi connectivity index (χ2v) is 3.99. The van der Waals surface area contributed by atoms with E-state index in [0.29, 0.717) is 12.0 Å². The predicted molar refractivity (Wildman–Crippen MR) is 63.1 cm³/mol. The van der Waals surface area contributed by atoms with Crippen LogP contribution in [-0.2, 0) is 0 Å². The first-order valence-corrected chi connectivity index (χ1v) is 5.43. The summed E-state index contributed by atoms with van der Waals surface area (Å²) in [5.74, 6) is 0.645. The Bertz CT molecular complexity index is 345. The fourth-order valence-electron chi connectivity index (χ4n) is 1.97. The highest BCUT2D eigenvalue weighted by Gasteiger charge is 2.21. The molecule has 0 aromatic heterocycles. The predicted octanol–water partition coefficient (Wildman–Crippen LogP) is 2.12. The van der Waals surface area contributed by atoms with Crippen molar-refractivity contribution in [1.29, 1.82) is 0 Å². The van der Waals surface area contributed by atoms with Gasteiger partial charge in [-0.3, -0.25) is 0 Å². The minimum absolute atomic E-state index is 0.525. The Morgan fingerprint density at radius 1 is 1.40 bits per heavy atom. The standard InChI is InChI=1S/C12H17N3/c1-10-6-5-9-15(10)12(13)14-11-7-3-2-4-8-11/h2-4,7-8,10H,5-6,9H2,1H3,(H2,13,14). The van der Waals surface area contributed by atoms with Gasteiger partial charge in [-0.25, -0.2) is 4.99 Å². The number of rotatable bonds is 1. The first-order valence-electron chi connectivity index (χ1n) is 5.43. The molecule has 0 saturated carbocycles. The van der Waals surface area contributed by atoms with Crippen molar-refractivity contribution < 1.29 is 0 Å². The number of likely N-dealkylation sites (tertiary alicyclic amines) is 1. The van der Waals surface area contributed by atoms with Gasteiger partial charge in [0.2, 0.25) is 0 Å². The zero-order valence-corrected chi connectivity index (χ0v) is 9.06. The van der Waals surface area contributed by atoms with E-state index in [1.54, 1.807) is 0 Å². The number of guanidine groups is 1. The average Bonchev–Trinajstić information content (AvgIpc) is 2.66. The molecule has 15 heavy (non-hydrogen) atoms.